The molecule has 1 aromatic rings. The normalized spacial score (nSPS) is 25.5. The number of hydrogen-bond acceptors (Lipinski definition) is 4. The van der Waals surface area contributed by atoms with Crippen LogP contribution in [0.25, 0.3) is 0 Å². The molecular weight excluding hydrogens is 288 g/mol. The Labute approximate surface area is 126 Å². The second-order valence-electron chi connectivity index (χ2n) is 6.20. The SMILES string of the molecule is CN(CC1(O)CCNC1)S(=O)(=O)c1ccc2c(c1)CCC2. The number of likely N-dealkylation sites (N-methyl/N-ethyl adjacent to an activating group) is 1. The van der Waals surface area contributed by atoms with Crippen LogP contribution in [0.15, 0.2) is 23.1 Å². The molecule has 0 spiro atoms. The van der Waals surface area contributed by atoms with Gasteiger partial charge in [-0.05, 0) is 55.5 Å². The van der Waals surface area contributed by atoms with Crippen molar-refractivity contribution in [1.29, 1.82) is 0 Å². The second kappa shape index (κ2) is 5.35. The minimum Gasteiger partial charge on any atom is -0.387 e. The van der Waals surface area contributed by atoms with Gasteiger partial charge in [-0.3, -0.25) is 0 Å². The van der Waals surface area contributed by atoms with Gasteiger partial charge in [0.15, 0.2) is 0 Å². The summed E-state index contributed by atoms with van der Waals surface area (Å²) in [6.45, 7) is 1.29. The van der Waals surface area contributed by atoms with Gasteiger partial charge in [0, 0.05) is 20.1 Å². The van der Waals surface area contributed by atoms with Gasteiger partial charge in [0.2, 0.25) is 10.0 Å². The Morgan fingerprint density at radius 2 is 2.10 bits per heavy atom. The maximum atomic E-state index is 12.7. The van der Waals surface area contributed by atoms with Gasteiger partial charge in [0.1, 0.15) is 0 Å². The Kier molecular flexibility index (Phi) is 3.81. The van der Waals surface area contributed by atoms with Crippen molar-refractivity contribution in [2.24, 2.45) is 0 Å². The predicted octanol–water partition coefficient (Wildman–Crippen LogP) is 0.520. The van der Waals surface area contributed by atoms with E-state index in [9.17, 15) is 13.5 Å². The van der Waals surface area contributed by atoms with E-state index in [4.69, 9.17) is 0 Å². The summed E-state index contributed by atoms with van der Waals surface area (Å²) in [5.74, 6) is 0. The summed E-state index contributed by atoms with van der Waals surface area (Å²) in [7, 11) is -2.00. The number of benzene rings is 1. The molecule has 5 nitrogen and oxygen atoms in total. The molecule has 116 valence electrons. The molecule has 1 unspecified atom stereocenters. The highest BCUT2D eigenvalue weighted by Crippen LogP contribution is 2.27. The van der Waals surface area contributed by atoms with Gasteiger partial charge >= 0.3 is 0 Å². The monoisotopic (exact) mass is 310 g/mol. The van der Waals surface area contributed by atoms with E-state index in [1.54, 1.807) is 19.2 Å². The Hall–Kier alpha value is -0.950. The summed E-state index contributed by atoms with van der Waals surface area (Å²) in [4.78, 5) is 0.334. The highest BCUT2D eigenvalue weighted by Gasteiger charge is 2.36. The number of nitrogens with one attached hydrogen (secondary N) is 1. The Balaban J connectivity index is 1.82. The molecule has 0 aromatic heterocycles. The van der Waals surface area contributed by atoms with Gasteiger partial charge < -0.3 is 10.4 Å². The van der Waals surface area contributed by atoms with Gasteiger partial charge in [-0.1, -0.05) is 6.07 Å². The fraction of sp³-hybridized carbons (Fsp3) is 0.600. The Morgan fingerprint density at radius 1 is 1.33 bits per heavy atom. The zero-order valence-corrected chi connectivity index (χ0v) is 13.1. The number of aryl methyl sites for hydroxylation is 2. The molecule has 1 atom stereocenters. The molecule has 0 saturated carbocycles. The molecule has 0 radical (unpaired) electrons. The van der Waals surface area contributed by atoms with Crippen LogP contribution in [0.2, 0.25) is 0 Å². The summed E-state index contributed by atoms with van der Waals surface area (Å²) >= 11 is 0. The molecule has 1 fully saturated rings. The van der Waals surface area contributed by atoms with Crippen molar-refractivity contribution in [3.8, 4) is 0 Å². The van der Waals surface area contributed by atoms with Gasteiger partial charge in [-0.15, -0.1) is 0 Å². The van der Waals surface area contributed by atoms with E-state index in [0.29, 0.717) is 17.9 Å². The van der Waals surface area contributed by atoms with Crippen LogP contribution in [-0.2, 0) is 22.9 Å². The van der Waals surface area contributed by atoms with E-state index >= 15 is 0 Å². The lowest BCUT2D eigenvalue weighted by Crippen LogP contribution is -2.45. The first-order chi connectivity index (χ1) is 9.91. The first-order valence-corrected chi connectivity index (χ1v) is 8.86. The highest BCUT2D eigenvalue weighted by molar-refractivity contribution is 7.89. The van der Waals surface area contributed by atoms with E-state index in [2.05, 4.69) is 5.32 Å². The third-order valence-electron chi connectivity index (χ3n) is 4.52. The van der Waals surface area contributed by atoms with Crippen LogP contribution < -0.4 is 5.32 Å². The molecule has 21 heavy (non-hydrogen) atoms. The third kappa shape index (κ3) is 2.85. The molecule has 1 aliphatic carbocycles. The van der Waals surface area contributed by atoms with Crippen LogP contribution in [0.3, 0.4) is 0 Å². The van der Waals surface area contributed by atoms with Crippen molar-refractivity contribution >= 4 is 10.0 Å². The smallest absolute Gasteiger partial charge is 0.242 e. The number of sulfonamides is 1. The van der Waals surface area contributed by atoms with Crippen LogP contribution in [0.5, 0.6) is 0 Å². The number of rotatable bonds is 4. The quantitative estimate of drug-likeness (QED) is 0.851. The van der Waals surface area contributed by atoms with Crippen LogP contribution >= 0.6 is 0 Å². The van der Waals surface area contributed by atoms with Crippen molar-refractivity contribution in [2.75, 3.05) is 26.7 Å². The molecular formula is C15H22N2O3S. The summed E-state index contributed by atoms with van der Waals surface area (Å²) in [6, 6.07) is 5.41. The molecule has 1 aromatic carbocycles. The standard InChI is InChI=1S/C15H22N2O3S/c1-17(11-15(18)7-8-16-10-15)21(19,20)14-6-5-12-3-2-4-13(12)9-14/h5-6,9,16,18H,2-4,7-8,10-11H2,1H3. The topological polar surface area (TPSA) is 69.6 Å². The summed E-state index contributed by atoms with van der Waals surface area (Å²) in [5.41, 5.74) is 1.44. The van der Waals surface area contributed by atoms with E-state index in [1.165, 1.54) is 9.87 Å². The molecule has 2 N–H and O–H groups in total. The maximum absolute atomic E-state index is 12.7. The number of β-amino-alcohol motifs (C(OH)–C–C–N with tert-alkyl or cyclic N) is 1. The highest BCUT2D eigenvalue weighted by atomic mass is 32.2. The summed E-state index contributed by atoms with van der Waals surface area (Å²) in [5, 5.41) is 13.4. The zero-order valence-electron chi connectivity index (χ0n) is 12.3. The van der Waals surface area contributed by atoms with E-state index in [-0.39, 0.29) is 6.54 Å². The lowest BCUT2D eigenvalue weighted by molar-refractivity contribution is 0.0462. The molecule has 1 heterocycles. The van der Waals surface area contributed by atoms with Crippen molar-refractivity contribution in [1.82, 2.24) is 9.62 Å². The van der Waals surface area contributed by atoms with Gasteiger partial charge in [0.25, 0.3) is 0 Å². The molecule has 2 aliphatic rings. The fourth-order valence-corrected chi connectivity index (χ4v) is 4.55. The van der Waals surface area contributed by atoms with E-state index in [1.807, 2.05) is 6.07 Å². The van der Waals surface area contributed by atoms with Crippen LogP contribution in [0, 0.1) is 0 Å². The minimum atomic E-state index is -3.54. The van der Waals surface area contributed by atoms with E-state index < -0.39 is 15.6 Å². The van der Waals surface area contributed by atoms with Crippen molar-refractivity contribution in [2.45, 2.75) is 36.2 Å². The molecule has 3 rings (SSSR count). The third-order valence-corrected chi connectivity index (χ3v) is 6.32. The number of nitrogens with zero attached hydrogens (tertiary/aromatic N) is 1. The number of fused-ring (bicyclic) bond motifs is 1. The van der Waals surface area contributed by atoms with Crippen molar-refractivity contribution < 1.29 is 13.5 Å². The average Bonchev–Trinajstić information content (AvgIpc) is 3.06. The van der Waals surface area contributed by atoms with Gasteiger partial charge in [0.05, 0.1) is 10.5 Å². The van der Waals surface area contributed by atoms with Gasteiger partial charge in [-0.25, -0.2) is 8.42 Å². The maximum Gasteiger partial charge on any atom is 0.242 e. The fourth-order valence-electron chi connectivity index (χ4n) is 3.25. The molecule has 0 bridgehead atoms. The summed E-state index contributed by atoms with van der Waals surface area (Å²) in [6.07, 6.45) is 3.67. The molecule has 0 amide bonds. The zero-order chi connectivity index (χ0) is 15.1. The first kappa shape index (κ1) is 15.0. The van der Waals surface area contributed by atoms with Crippen LogP contribution in [-0.4, -0.2) is 50.1 Å². The lowest BCUT2D eigenvalue weighted by Gasteiger charge is -2.27. The number of aliphatic hydroxyl groups is 1. The van der Waals surface area contributed by atoms with Crippen LogP contribution in [0.1, 0.15) is 24.0 Å². The molecule has 1 aliphatic heterocycles. The Bertz CT molecular complexity index is 636. The largest absolute Gasteiger partial charge is 0.387 e. The predicted molar refractivity (Wildman–Crippen MR) is 80.7 cm³/mol. The van der Waals surface area contributed by atoms with Crippen molar-refractivity contribution in [3.63, 3.8) is 0 Å². The molecule has 1 saturated heterocycles. The van der Waals surface area contributed by atoms with Crippen LogP contribution in [0.4, 0.5) is 0 Å². The Morgan fingerprint density at radius 3 is 2.81 bits per heavy atom. The minimum absolute atomic E-state index is 0.124. The summed E-state index contributed by atoms with van der Waals surface area (Å²) < 4.78 is 26.6. The first-order valence-electron chi connectivity index (χ1n) is 7.42. The second-order valence-corrected chi connectivity index (χ2v) is 8.24. The lowest BCUT2D eigenvalue weighted by atomic mass is 10.0. The van der Waals surface area contributed by atoms with E-state index in [0.717, 1.165) is 31.4 Å². The van der Waals surface area contributed by atoms with Gasteiger partial charge in [-0.2, -0.15) is 4.31 Å². The molecule has 6 heteroatoms. The van der Waals surface area contributed by atoms with Crippen molar-refractivity contribution in [3.05, 3.63) is 29.3 Å². The number of hydrogen-bond donors (Lipinski definition) is 2. The average molecular weight is 310 g/mol.